The lowest BCUT2D eigenvalue weighted by atomic mass is 9.80. The molecule has 0 aromatic rings. The highest BCUT2D eigenvalue weighted by Gasteiger charge is 2.36. The zero-order chi connectivity index (χ0) is 15.2. The van der Waals surface area contributed by atoms with Crippen LogP contribution in [-0.2, 0) is 9.59 Å². The third-order valence-corrected chi connectivity index (χ3v) is 4.46. The minimum Gasteiger partial charge on any atom is -0.481 e. The summed E-state index contributed by atoms with van der Waals surface area (Å²) in [6, 6.07) is 0. The molecule has 1 rings (SSSR count). The molecule has 0 saturated carbocycles. The van der Waals surface area contributed by atoms with E-state index in [0.29, 0.717) is 19.3 Å². The van der Waals surface area contributed by atoms with E-state index in [1.54, 1.807) is 0 Å². The van der Waals surface area contributed by atoms with Gasteiger partial charge in [-0.2, -0.15) is 0 Å². The van der Waals surface area contributed by atoms with Gasteiger partial charge in [-0.05, 0) is 59.7 Å². The van der Waals surface area contributed by atoms with Gasteiger partial charge in [0.05, 0.1) is 5.41 Å². The van der Waals surface area contributed by atoms with Crippen molar-refractivity contribution in [3.05, 3.63) is 0 Å². The molecule has 1 aliphatic heterocycles. The van der Waals surface area contributed by atoms with E-state index in [2.05, 4.69) is 4.90 Å². The number of carbonyl (C=O) groups excluding carboxylic acids is 1. The zero-order valence-electron chi connectivity index (χ0n) is 13.0. The first-order chi connectivity index (χ1) is 9.42. The van der Waals surface area contributed by atoms with Gasteiger partial charge in [0.15, 0.2) is 0 Å². The molecular weight excluding hydrogens is 256 g/mol. The predicted octanol–water partition coefficient (Wildman–Crippen LogP) is 1.82. The maximum atomic E-state index is 11.9. The van der Waals surface area contributed by atoms with Crippen molar-refractivity contribution in [3.8, 4) is 0 Å². The van der Waals surface area contributed by atoms with Crippen LogP contribution in [0.25, 0.3) is 0 Å². The molecule has 1 amide bonds. The Morgan fingerprint density at radius 2 is 1.75 bits per heavy atom. The number of carboxylic acid groups (broad SMARTS) is 1. The Labute approximate surface area is 121 Å². The van der Waals surface area contributed by atoms with Gasteiger partial charge < -0.3 is 14.9 Å². The summed E-state index contributed by atoms with van der Waals surface area (Å²) >= 11 is 0. The Morgan fingerprint density at radius 1 is 1.20 bits per heavy atom. The fraction of sp³-hybridized carbons (Fsp3) is 0.867. The lowest BCUT2D eigenvalue weighted by Gasteiger charge is -2.36. The summed E-state index contributed by atoms with van der Waals surface area (Å²) in [7, 11) is 0. The van der Waals surface area contributed by atoms with Crippen LogP contribution in [0.4, 0.5) is 0 Å². The van der Waals surface area contributed by atoms with E-state index in [9.17, 15) is 14.7 Å². The number of aliphatic carboxylic acids is 1. The molecule has 1 saturated heterocycles. The van der Waals surface area contributed by atoms with Crippen LogP contribution in [0.2, 0.25) is 0 Å². The van der Waals surface area contributed by atoms with E-state index in [1.807, 2.05) is 25.7 Å². The van der Waals surface area contributed by atoms with Gasteiger partial charge in [-0.1, -0.05) is 0 Å². The first-order valence-corrected chi connectivity index (χ1v) is 7.66. The second-order valence-electron chi connectivity index (χ2n) is 5.88. The zero-order valence-corrected chi connectivity index (χ0v) is 13.0. The number of carboxylic acids is 1. The molecule has 0 aliphatic carbocycles. The Balaban J connectivity index is 2.25. The molecule has 1 aliphatic rings. The average Bonchev–Trinajstić information content (AvgIpc) is 2.42. The molecule has 0 atom stereocenters. The van der Waals surface area contributed by atoms with Gasteiger partial charge >= 0.3 is 5.97 Å². The van der Waals surface area contributed by atoms with Crippen molar-refractivity contribution in [2.75, 3.05) is 32.7 Å². The quantitative estimate of drug-likeness (QED) is 0.774. The molecule has 5 heteroatoms. The van der Waals surface area contributed by atoms with Crippen molar-refractivity contribution in [2.24, 2.45) is 5.41 Å². The Hall–Kier alpha value is -1.10. The number of amides is 1. The maximum Gasteiger partial charge on any atom is 0.309 e. The molecule has 1 fully saturated rings. The monoisotopic (exact) mass is 284 g/mol. The average molecular weight is 284 g/mol. The number of hydrogen-bond acceptors (Lipinski definition) is 3. The van der Waals surface area contributed by atoms with Crippen LogP contribution < -0.4 is 0 Å². The van der Waals surface area contributed by atoms with Crippen molar-refractivity contribution in [1.29, 1.82) is 0 Å². The van der Waals surface area contributed by atoms with Gasteiger partial charge in [-0.15, -0.1) is 0 Å². The number of piperidine rings is 1. The first-order valence-electron chi connectivity index (χ1n) is 7.66. The number of hydrogen-bond donors (Lipinski definition) is 1. The largest absolute Gasteiger partial charge is 0.481 e. The van der Waals surface area contributed by atoms with Crippen LogP contribution in [-0.4, -0.2) is 59.5 Å². The van der Waals surface area contributed by atoms with Gasteiger partial charge in [0.1, 0.15) is 0 Å². The Kier molecular flexibility index (Phi) is 6.46. The molecule has 0 unspecified atom stereocenters. The summed E-state index contributed by atoms with van der Waals surface area (Å²) in [6.07, 6.45) is 2.85. The summed E-state index contributed by atoms with van der Waals surface area (Å²) in [5, 5.41) is 9.18. The van der Waals surface area contributed by atoms with Crippen molar-refractivity contribution in [2.45, 2.75) is 46.5 Å². The van der Waals surface area contributed by atoms with E-state index >= 15 is 0 Å². The predicted molar refractivity (Wildman–Crippen MR) is 78.6 cm³/mol. The summed E-state index contributed by atoms with van der Waals surface area (Å²) in [5.74, 6) is -0.462. The fourth-order valence-corrected chi connectivity index (χ4v) is 2.67. The van der Waals surface area contributed by atoms with Crippen LogP contribution >= 0.6 is 0 Å². The lowest BCUT2D eigenvalue weighted by Crippen LogP contribution is -2.43. The third-order valence-electron chi connectivity index (χ3n) is 4.46. The number of rotatable bonds is 7. The maximum absolute atomic E-state index is 11.9. The highest BCUT2D eigenvalue weighted by Crippen LogP contribution is 2.30. The third kappa shape index (κ3) is 4.47. The molecule has 116 valence electrons. The Bertz CT molecular complexity index is 332. The van der Waals surface area contributed by atoms with Crippen molar-refractivity contribution >= 4 is 11.9 Å². The second kappa shape index (κ2) is 7.62. The van der Waals surface area contributed by atoms with Crippen LogP contribution in [0, 0.1) is 5.41 Å². The van der Waals surface area contributed by atoms with E-state index in [1.165, 1.54) is 0 Å². The Morgan fingerprint density at radius 3 is 2.20 bits per heavy atom. The van der Waals surface area contributed by atoms with Crippen molar-refractivity contribution in [3.63, 3.8) is 0 Å². The molecule has 1 N–H and O–H groups in total. The molecule has 5 nitrogen and oxygen atoms in total. The summed E-state index contributed by atoms with van der Waals surface area (Å²) in [5.41, 5.74) is -0.562. The minimum absolute atomic E-state index is 0.224. The molecule has 0 bridgehead atoms. The second-order valence-corrected chi connectivity index (χ2v) is 5.88. The number of nitrogens with zero attached hydrogens (tertiary/aromatic N) is 2. The van der Waals surface area contributed by atoms with Crippen LogP contribution in [0.1, 0.15) is 46.5 Å². The van der Waals surface area contributed by atoms with Gasteiger partial charge in [0.25, 0.3) is 0 Å². The van der Waals surface area contributed by atoms with Gasteiger partial charge in [0.2, 0.25) is 5.91 Å². The number of carbonyl (C=O) groups is 2. The molecule has 0 spiro atoms. The minimum atomic E-state index is -0.686. The van der Waals surface area contributed by atoms with Crippen molar-refractivity contribution in [1.82, 2.24) is 9.80 Å². The SMILES string of the molecule is CCN(CC)C(=O)CCCN1CCC(C)(C(=O)O)CC1. The number of likely N-dealkylation sites (tertiary alicyclic amines) is 1. The summed E-state index contributed by atoms with van der Waals surface area (Å²) < 4.78 is 0. The molecule has 0 aromatic carbocycles. The van der Waals surface area contributed by atoms with E-state index < -0.39 is 11.4 Å². The van der Waals surface area contributed by atoms with E-state index in [-0.39, 0.29) is 5.91 Å². The first kappa shape index (κ1) is 17.0. The van der Waals surface area contributed by atoms with Crippen molar-refractivity contribution < 1.29 is 14.7 Å². The summed E-state index contributed by atoms with van der Waals surface area (Å²) in [4.78, 5) is 27.2. The standard InChI is InChI=1S/C15H28N2O3/c1-4-17(5-2)13(18)7-6-10-16-11-8-15(3,9-12-16)14(19)20/h4-12H2,1-3H3,(H,19,20). The highest BCUT2D eigenvalue weighted by molar-refractivity contribution is 5.76. The van der Waals surface area contributed by atoms with E-state index in [4.69, 9.17) is 0 Å². The molecular formula is C15H28N2O3. The lowest BCUT2D eigenvalue weighted by molar-refractivity contribution is -0.150. The molecule has 0 radical (unpaired) electrons. The molecule has 0 aromatic heterocycles. The van der Waals surface area contributed by atoms with Gasteiger partial charge in [-0.25, -0.2) is 0 Å². The van der Waals surface area contributed by atoms with E-state index in [0.717, 1.165) is 39.1 Å². The van der Waals surface area contributed by atoms with Gasteiger partial charge in [0, 0.05) is 19.5 Å². The molecule has 20 heavy (non-hydrogen) atoms. The molecule has 1 heterocycles. The normalized spacial score (nSPS) is 18.8. The smallest absolute Gasteiger partial charge is 0.309 e. The van der Waals surface area contributed by atoms with Gasteiger partial charge in [-0.3, -0.25) is 9.59 Å². The topological polar surface area (TPSA) is 60.9 Å². The van der Waals surface area contributed by atoms with Crippen LogP contribution in [0.15, 0.2) is 0 Å². The fourth-order valence-electron chi connectivity index (χ4n) is 2.67. The van der Waals surface area contributed by atoms with Crippen LogP contribution in [0.5, 0.6) is 0 Å². The van der Waals surface area contributed by atoms with Crippen LogP contribution in [0.3, 0.4) is 0 Å². The highest BCUT2D eigenvalue weighted by atomic mass is 16.4. The summed E-state index contributed by atoms with van der Waals surface area (Å²) in [6.45, 7) is 9.91.